The SMILES string of the molecule is C.CC(=O)N=S(=O)(C[C@H](C(C)C)N1C(=O)[C@@](C)(CC(=O)O)C[C@H](c2cccc(Cl)c2)[C@H]1c1ccc(Cl)cc1)C(C)C.COC(=O)c1ccc(CC(=O)C[C@@]2(C)C[C@H](c3cccc(Cl)c3)[C@@H](c3ccc(Cl)cc3)N([C@H](CS(=O)(=NC(C)=O)C(C)C)C(C)C)C2=O)cc1.[2H]CC. The lowest BCUT2D eigenvalue weighted by Crippen LogP contribution is -2.59. The topological polar surface area (TPSA) is 214 Å². The molecule has 15 nitrogen and oxygen atoms in total. The van der Waals surface area contributed by atoms with Gasteiger partial charge < -0.3 is 19.6 Å². The predicted molar refractivity (Wildman–Crippen MR) is 377 cm³/mol. The largest absolute Gasteiger partial charge is 0.481 e. The average Bonchev–Trinajstić information content (AvgIpc) is 0.742. The number of hydrogen-bond acceptors (Lipinski definition) is 10. The fourth-order valence-corrected chi connectivity index (χ4v) is 17.5. The maximum atomic E-state index is 15.2. The summed E-state index contributed by atoms with van der Waals surface area (Å²) in [4.78, 5) is 95.4. The number of hydrogen-bond donors (Lipinski definition) is 1. The number of esters is 1. The van der Waals surface area contributed by atoms with Gasteiger partial charge in [0.1, 0.15) is 5.78 Å². The summed E-state index contributed by atoms with van der Waals surface area (Å²) < 4.78 is 47.7. The number of rotatable bonds is 21. The molecule has 2 aliphatic rings. The molecule has 0 aromatic heterocycles. The summed E-state index contributed by atoms with van der Waals surface area (Å²) >= 11 is 25.5. The van der Waals surface area contributed by atoms with Crippen molar-refractivity contribution in [2.75, 3.05) is 18.6 Å². The summed E-state index contributed by atoms with van der Waals surface area (Å²) in [7, 11) is -4.85. The van der Waals surface area contributed by atoms with Crippen LogP contribution in [0.2, 0.25) is 20.1 Å². The van der Waals surface area contributed by atoms with Gasteiger partial charge in [0.25, 0.3) is 11.8 Å². The number of piperidine rings is 2. The number of ether oxygens (including phenoxy) is 1. The molecule has 10 atom stereocenters. The summed E-state index contributed by atoms with van der Waals surface area (Å²) in [5, 5.41) is 11.1. The highest BCUT2D eigenvalue weighted by Crippen LogP contribution is 2.55. The van der Waals surface area contributed by atoms with Crippen LogP contribution in [0.1, 0.15) is 193 Å². The molecule has 0 spiro atoms. The molecule has 2 unspecified atom stereocenters. The first-order chi connectivity index (χ1) is 43.5. The minimum Gasteiger partial charge on any atom is -0.481 e. The van der Waals surface area contributed by atoms with Gasteiger partial charge >= 0.3 is 11.9 Å². The number of benzene rings is 5. The van der Waals surface area contributed by atoms with E-state index in [1.165, 1.54) is 21.0 Å². The van der Waals surface area contributed by atoms with Crippen LogP contribution in [0.3, 0.4) is 0 Å². The average molecular weight is 1400 g/mol. The Morgan fingerprint density at radius 3 is 1.28 bits per heavy atom. The van der Waals surface area contributed by atoms with Crippen LogP contribution in [-0.4, -0.2) is 106 Å². The Labute approximate surface area is 574 Å². The molecule has 2 aliphatic heterocycles. The smallest absolute Gasteiger partial charge is 0.337 e. The highest BCUT2D eigenvalue weighted by atomic mass is 35.5. The lowest BCUT2D eigenvalue weighted by molar-refractivity contribution is -0.161. The van der Waals surface area contributed by atoms with Crippen LogP contribution >= 0.6 is 46.4 Å². The Kier molecular flexibility index (Phi) is 28.5. The number of carboxylic acid groups (broad SMARTS) is 1. The number of likely N-dealkylation sites (tertiary alicyclic amines) is 2. The summed E-state index contributed by atoms with van der Waals surface area (Å²) in [6.45, 7) is 23.2. The second kappa shape index (κ2) is 34.1. The minimum absolute atomic E-state index is 0. The number of amides is 4. The molecule has 93 heavy (non-hydrogen) atoms. The molecule has 508 valence electrons. The molecule has 4 amide bonds. The van der Waals surface area contributed by atoms with E-state index in [1.54, 1.807) is 107 Å². The number of nitrogens with zero attached hydrogens (tertiary/aromatic N) is 4. The molecule has 0 saturated carbocycles. The predicted octanol–water partition coefficient (Wildman–Crippen LogP) is 17.1. The van der Waals surface area contributed by atoms with E-state index in [0.29, 0.717) is 44.5 Å². The van der Waals surface area contributed by atoms with Crippen LogP contribution in [0.15, 0.2) is 130 Å². The molecular weight excluding hydrogens is 1300 g/mol. The normalized spacial score (nSPS) is 21.7. The van der Waals surface area contributed by atoms with E-state index in [1.807, 2.05) is 100 Å². The molecule has 0 bridgehead atoms. The monoisotopic (exact) mass is 1400 g/mol. The Balaban J connectivity index is 0.000000389. The summed E-state index contributed by atoms with van der Waals surface area (Å²) in [6.07, 6.45) is 0.261. The molecule has 5 aromatic carbocycles. The summed E-state index contributed by atoms with van der Waals surface area (Å²) in [5.41, 5.74) is 2.09. The third-order valence-electron chi connectivity index (χ3n) is 17.2. The highest BCUT2D eigenvalue weighted by molar-refractivity contribution is 7.94. The molecule has 0 aliphatic carbocycles. The maximum absolute atomic E-state index is 15.2. The molecule has 5 aromatic rings. The fourth-order valence-electron chi connectivity index (χ4n) is 12.5. The molecule has 1 N–H and O–H groups in total. The third-order valence-corrected chi connectivity index (χ3v) is 23.9. The van der Waals surface area contributed by atoms with Crippen LogP contribution in [0.25, 0.3) is 0 Å². The zero-order chi connectivity index (χ0) is 69.7. The van der Waals surface area contributed by atoms with E-state index in [4.69, 9.17) is 52.5 Å². The number of Topliss-reactive ketones (excluding diaryl/α,β-unsaturated/α-hetero) is 1. The molecule has 2 fully saturated rings. The zero-order valence-electron chi connectivity index (χ0n) is 56.1. The van der Waals surface area contributed by atoms with Gasteiger partial charge in [0.15, 0.2) is 0 Å². The van der Waals surface area contributed by atoms with Crippen LogP contribution in [0.5, 0.6) is 0 Å². The van der Waals surface area contributed by atoms with E-state index >= 15 is 4.79 Å². The molecule has 0 radical (unpaired) electrons. The van der Waals surface area contributed by atoms with Crippen molar-refractivity contribution in [1.29, 1.82) is 0 Å². The van der Waals surface area contributed by atoms with Gasteiger partial charge in [-0.1, -0.05) is 198 Å². The van der Waals surface area contributed by atoms with Crippen molar-refractivity contribution < 1.29 is 53.2 Å². The van der Waals surface area contributed by atoms with Crippen molar-refractivity contribution >= 4 is 107 Å². The van der Waals surface area contributed by atoms with Gasteiger partial charge in [-0.05, 0) is 113 Å². The lowest BCUT2D eigenvalue weighted by atomic mass is 9.66. The van der Waals surface area contributed by atoms with E-state index in [9.17, 15) is 42.3 Å². The van der Waals surface area contributed by atoms with Crippen molar-refractivity contribution in [3.8, 4) is 0 Å². The zero-order valence-corrected chi connectivity index (χ0v) is 59.8. The van der Waals surface area contributed by atoms with E-state index < -0.39 is 88.7 Å². The van der Waals surface area contributed by atoms with Gasteiger partial charge in [-0.15, -0.1) is 0 Å². The first-order valence-electron chi connectivity index (χ1n) is 31.5. The number of carboxylic acids is 1. The molecule has 7 rings (SSSR count). The van der Waals surface area contributed by atoms with E-state index in [0.717, 1.165) is 22.3 Å². The molecule has 21 heteroatoms. The quantitative estimate of drug-likeness (QED) is 0.0682. The highest BCUT2D eigenvalue weighted by Gasteiger charge is 2.55. The number of aliphatic carboxylic acids is 1. The standard InChI is InChI=1S/C39H46Cl2N2O6S.C30H38Cl2N2O5S.C2H6.CH4/c1-24(2)35(23-50(48,25(3)4)42-26(5)44)43-36(28-15-17-31(40)18-16-28)34(30-9-8-10-32(41)20-30)22-39(6,38(43)47)21-33(45)19-27-11-13-29(14-12-27)37(46)49-7;1-18(2)26(17-40(39,19(3)4)33-20(5)35)34-28(21-10-12-23(31)13-11-21)25(22-8-7-9-24(32)14-22)15-30(6,29(34)38)16-27(36)37;1-2;/h8-18,20,24-25,34-36H,19,21-23H2,1-7H3;7-14,18-19,25-26,28H,15-17H2,1-6H3,(H,36,37);1-2H3;1H4/t34-,35-,36-,39+,50?;25-,26-,28-,30-,40?;;/m11../s1/i;;1D;. The minimum atomic E-state index is -3.10. The molecular formula is C72H94Cl4N4O11S2. The second-order valence-electron chi connectivity index (χ2n) is 25.6. The summed E-state index contributed by atoms with van der Waals surface area (Å²) in [5.74, 6) is -4.39. The van der Waals surface area contributed by atoms with Crippen LogP contribution < -0.4 is 0 Å². The Hall–Kier alpha value is -5.95. The van der Waals surface area contributed by atoms with Gasteiger partial charge in [-0.3, -0.25) is 28.8 Å². The molecule has 2 heterocycles. The van der Waals surface area contributed by atoms with Crippen molar-refractivity contribution in [3.63, 3.8) is 0 Å². The van der Waals surface area contributed by atoms with Crippen molar-refractivity contribution in [2.24, 2.45) is 31.4 Å². The first-order valence-corrected chi connectivity index (χ1v) is 35.8. The van der Waals surface area contributed by atoms with Crippen molar-refractivity contribution in [2.45, 2.75) is 183 Å². The van der Waals surface area contributed by atoms with Crippen molar-refractivity contribution in [3.05, 3.63) is 175 Å². The van der Waals surface area contributed by atoms with Gasteiger partial charge in [0.2, 0.25) is 11.8 Å². The van der Waals surface area contributed by atoms with Gasteiger partial charge in [0.05, 0.1) is 73.0 Å². The third kappa shape index (κ3) is 20.1. The fraction of sp³-hybridized carbons (Fsp3) is 0.486. The Morgan fingerprint density at radius 1 is 0.602 bits per heavy atom. The summed E-state index contributed by atoms with van der Waals surface area (Å²) in [6, 6.07) is 33.9. The van der Waals surface area contributed by atoms with Crippen LogP contribution in [0.4, 0.5) is 0 Å². The van der Waals surface area contributed by atoms with Crippen LogP contribution in [0, 0.1) is 22.7 Å². The maximum Gasteiger partial charge on any atom is 0.337 e. The van der Waals surface area contributed by atoms with Crippen molar-refractivity contribution in [1.82, 2.24) is 9.80 Å². The number of carbonyl (C=O) groups excluding carboxylic acids is 6. The van der Waals surface area contributed by atoms with Gasteiger partial charge in [0, 0.05) is 82.6 Å². The molecule has 2 saturated heterocycles. The van der Waals surface area contributed by atoms with E-state index in [-0.39, 0.29) is 85.9 Å². The number of halogens is 4. The van der Waals surface area contributed by atoms with Crippen LogP contribution in [-0.2, 0) is 59.4 Å². The van der Waals surface area contributed by atoms with Gasteiger partial charge in [-0.25, -0.2) is 13.2 Å². The van der Waals surface area contributed by atoms with Gasteiger partial charge in [-0.2, -0.15) is 8.73 Å². The number of ketones is 1. The number of carbonyl (C=O) groups is 7. The second-order valence-corrected chi connectivity index (χ2v) is 33.0. The Bertz CT molecular complexity index is 3740. The number of methoxy groups -OCH3 is 1. The Morgan fingerprint density at radius 2 is 0.968 bits per heavy atom. The first kappa shape index (κ1) is 77.8. The lowest BCUT2D eigenvalue weighted by Gasteiger charge is -2.53. The van der Waals surface area contributed by atoms with E-state index in [2.05, 4.69) is 8.73 Å².